The highest BCUT2D eigenvalue weighted by Gasteiger charge is 2.22. The lowest BCUT2D eigenvalue weighted by atomic mass is 10.4. The Morgan fingerprint density at radius 3 is 2.36 bits per heavy atom. The first-order valence-corrected chi connectivity index (χ1v) is 4.44. The smallest absolute Gasteiger partial charge is 0.311 e. The van der Waals surface area contributed by atoms with Gasteiger partial charge in [-0.15, -0.1) is 0 Å². The number of hydrogen-bond donors (Lipinski definition) is 0. The molecule has 1 aliphatic rings. The van der Waals surface area contributed by atoms with Crippen molar-refractivity contribution in [1.82, 2.24) is 9.47 Å². The summed E-state index contributed by atoms with van der Waals surface area (Å²) in [5.74, 6) is -0.989. The van der Waals surface area contributed by atoms with E-state index in [-0.39, 0.29) is 0 Å². The molecule has 2 heterocycles. The summed E-state index contributed by atoms with van der Waals surface area (Å²) in [4.78, 5) is 24.5. The van der Waals surface area contributed by atoms with Gasteiger partial charge in [0.1, 0.15) is 0 Å². The summed E-state index contributed by atoms with van der Waals surface area (Å²) in [6.07, 6.45) is 7.50. The molecular weight excluding hydrogens is 180 g/mol. The topological polar surface area (TPSA) is 42.3 Å². The van der Waals surface area contributed by atoms with Crippen LogP contribution in [0.25, 0.3) is 0 Å². The summed E-state index contributed by atoms with van der Waals surface area (Å²) in [7, 11) is 0. The largest absolute Gasteiger partial charge is 0.320 e. The van der Waals surface area contributed by atoms with E-state index < -0.39 is 11.8 Å². The van der Waals surface area contributed by atoms with E-state index in [0.717, 1.165) is 6.42 Å². The summed E-state index contributed by atoms with van der Waals surface area (Å²) in [5, 5.41) is 0. The Balaban J connectivity index is 2.12. The van der Waals surface area contributed by atoms with Crippen molar-refractivity contribution in [3.05, 3.63) is 36.8 Å². The maximum Gasteiger partial charge on any atom is 0.320 e. The molecule has 0 fully saturated rings. The highest BCUT2D eigenvalue weighted by Crippen LogP contribution is 2.05. The second-order valence-electron chi connectivity index (χ2n) is 3.07. The maximum absolute atomic E-state index is 11.5. The van der Waals surface area contributed by atoms with Crippen LogP contribution in [0, 0.1) is 0 Å². The van der Waals surface area contributed by atoms with Crippen molar-refractivity contribution in [3.8, 4) is 0 Å². The van der Waals surface area contributed by atoms with Crippen LogP contribution in [-0.4, -0.2) is 27.8 Å². The lowest BCUT2D eigenvalue weighted by Crippen LogP contribution is -2.34. The summed E-state index contributed by atoms with van der Waals surface area (Å²) in [6, 6.07) is 3.43. The van der Waals surface area contributed by atoms with Gasteiger partial charge in [0.15, 0.2) is 0 Å². The molecule has 1 aliphatic heterocycles. The van der Waals surface area contributed by atoms with Gasteiger partial charge in [-0.3, -0.25) is 14.2 Å². The average Bonchev–Trinajstić information content (AvgIpc) is 2.87. The van der Waals surface area contributed by atoms with Gasteiger partial charge in [-0.1, -0.05) is 6.08 Å². The van der Waals surface area contributed by atoms with E-state index in [4.69, 9.17) is 0 Å². The Kier molecular flexibility index (Phi) is 2.18. The normalized spacial score (nSPS) is 14.7. The van der Waals surface area contributed by atoms with E-state index >= 15 is 0 Å². The Bertz CT molecular complexity index is 379. The summed E-state index contributed by atoms with van der Waals surface area (Å²) >= 11 is 0. The Morgan fingerprint density at radius 2 is 1.79 bits per heavy atom. The van der Waals surface area contributed by atoms with Gasteiger partial charge in [-0.05, 0) is 18.6 Å². The highest BCUT2D eigenvalue weighted by molar-refractivity contribution is 6.36. The van der Waals surface area contributed by atoms with E-state index in [1.165, 1.54) is 9.47 Å². The van der Waals surface area contributed by atoms with Gasteiger partial charge in [0.25, 0.3) is 0 Å². The molecule has 0 radical (unpaired) electrons. The predicted octanol–water partition coefficient (Wildman–Crippen LogP) is 0.874. The lowest BCUT2D eigenvalue weighted by molar-refractivity contribution is -0.124. The average molecular weight is 190 g/mol. The number of nitrogens with zero attached hydrogens (tertiary/aromatic N) is 2. The molecule has 1 aromatic rings. The molecule has 0 saturated heterocycles. The van der Waals surface area contributed by atoms with Crippen LogP contribution >= 0.6 is 0 Å². The van der Waals surface area contributed by atoms with Crippen molar-refractivity contribution in [1.29, 1.82) is 0 Å². The van der Waals surface area contributed by atoms with Crippen molar-refractivity contribution >= 4 is 11.8 Å². The second kappa shape index (κ2) is 3.49. The molecule has 72 valence electrons. The van der Waals surface area contributed by atoms with Crippen LogP contribution in [0.3, 0.4) is 0 Å². The van der Waals surface area contributed by atoms with Gasteiger partial charge in [-0.25, -0.2) is 0 Å². The summed E-state index contributed by atoms with van der Waals surface area (Å²) in [5.41, 5.74) is 0. The Labute approximate surface area is 81.4 Å². The third-order valence-corrected chi connectivity index (χ3v) is 2.10. The molecular formula is C10H10N2O2. The molecule has 0 aliphatic carbocycles. The fourth-order valence-corrected chi connectivity index (χ4v) is 1.36. The standard InChI is InChI=1S/C10H10N2O2/c13-9(11-5-1-2-6-11)10(14)12-7-3-4-8-12/h1-3,5-7H,4,8H2. The molecule has 1 aromatic heterocycles. The van der Waals surface area contributed by atoms with Crippen molar-refractivity contribution in [3.63, 3.8) is 0 Å². The van der Waals surface area contributed by atoms with E-state index in [9.17, 15) is 9.59 Å². The minimum Gasteiger partial charge on any atom is -0.311 e. The molecule has 0 unspecified atom stereocenters. The quantitative estimate of drug-likeness (QED) is 0.570. The molecule has 4 nitrogen and oxygen atoms in total. The van der Waals surface area contributed by atoms with Crippen LogP contribution in [0.4, 0.5) is 0 Å². The van der Waals surface area contributed by atoms with Crippen LogP contribution in [0.15, 0.2) is 36.8 Å². The number of carbonyl (C=O) groups excluding carboxylic acids is 2. The molecule has 0 atom stereocenters. The minimum absolute atomic E-state index is 0.477. The zero-order chi connectivity index (χ0) is 9.97. The van der Waals surface area contributed by atoms with Gasteiger partial charge in [0.2, 0.25) is 0 Å². The fourth-order valence-electron chi connectivity index (χ4n) is 1.36. The SMILES string of the molecule is O=C(C(=O)n1cccc1)N1C=CCC1. The van der Waals surface area contributed by atoms with Gasteiger partial charge in [0, 0.05) is 25.1 Å². The Morgan fingerprint density at radius 1 is 1.07 bits per heavy atom. The third-order valence-electron chi connectivity index (χ3n) is 2.10. The molecule has 0 N–H and O–H groups in total. The predicted molar refractivity (Wildman–Crippen MR) is 50.5 cm³/mol. The van der Waals surface area contributed by atoms with Crippen molar-refractivity contribution in [2.24, 2.45) is 0 Å². The zero-order valence-corrected chi connectivity index (χ0v) is 7.59. The fraction of sp³-hybridized carbons (Fsp3) is 0.200. The Hall–Kier alpha value is -1.84. The highest BCUT2D eigenvalue weighted by atomic mass is 16.2. The van der Waals surface area contributed by atoms with Crippen LogP contribution in [0.1, 0.15) is 11.2 Å². The molecule has 2 rings (SSSR count). The minimum atomic E-state index is -0.512. The molecule has 0 bridgehead atoms. The molecule has 14 heavy (non-hydrogen) atoms. The molecule has 0 aromatic carbocycles. The molecule has 4 heteroatoms. The zero-order valence-electron chi connectivity index (χ0n) is 7.59. The van der Waals surface area contributed by atoms with Crippen molar-refractivity contribution in [2.45, 2.75) is 6.42 Å². The second-order valence-corrected chi connectivity index (χ2v) is 3.07. The first kappa shape index (κ1) is 8.74. The van der Waals surface area contributed by atoms with Gasteiger partial charge in [0.05, 0.1) is 0 Å². The molecule has 0 saturated carbocycles. The van der Waals surface area contributed by atoms with E-state index in [0.29, 0.717) is 6.54 Å². The number of amides is 1. The maximum atomic E-state index is 11.5. The lowest BCUT2D eigenvalue weighted by Gasteiger charge is -2.11. The van der Waals surface area contributed by atoms with E-state index in [2.05, 4.69) is 0 Å². The third kappa shape index (κ3) is 1.46. The first-order chi connectivity index (χ1) is 6.79. The number of aromatic nitrogens is 1. The monoisotopic (exact) mass is 190 g/mol. The van der Waals surface area contributed by atoms with Crippen LogP contribution in [0.5, 0.6) is 0 Å². The van der Waals surface area contributed by atoms with E-state index in [1.54, 1.807) is 30.7 Å². The number of hydrogen-bond acceptors (Lipinski definition) is 2. The van der Waals surface area contributed by atoms with Gasteiger partial charge in [-0.2, -0.15) is 0 Å². The van der Waals surface area contributed by atoms with Crippen LogP contribution in [0.2, 0.25) is 0 Å². The van der Waals surface area contributed by atoms with E-state index in [1.807, 2.05) is 6.08 Å². The molecule has 1 amide bonds. The van der Waals surface area contributed by atoms with Crippen LogP contribution in [-0.2, 0) is 4.79 Å². The van der Waals surface area contributed by atoms with Gasteiger partial charge < -0.3 is 4.90 Å². The summed E-state index contributed by atoms with van der Waals surface area (Å²) in [6.45, 7) is 0.603. The number of rotatable bonds is 0. The summed E-state index contributed by atoms with van der Waals surface area (Å²) < 4.78 is 1.29. The van der Waals surface area contributed by atoms with Gasteiger partial charge >= 0.3 is 11.8 Å². The first-order valence-electron chi connectivity index (χ1n) is 4.44. The molecule has 0 spiro atoms. The number of carbonyl (C=O) groups is 2. The van der Waals surface area contributed by atoms with Crippen LogP contribution < -0.4 is 0 Å². The van der Waals surface area contributed by atoms with Crippen molar-refractivity contribution in [2.75, 3.05) is 6.54 Å². The van der Waals surface area contributed by atoms with Crippen molar-refractivity contribution < 1.29 is 9.59 Å².